The highest BCUT2D eigenvalue weighted by Crippen LogP contribution is 2.38. The Balaban J connectivity index is 1.37. The second-order valence-corrected chi connectivity index (χ2v) is 9.68. The standard InChI is InChI=1S/C27H29F2NO6S/c1-4-34-23(32)7-6-19(31)22-12-17-21(37-22)10-15(2)26(24(17)28)35-8-5-9-36-27-20(33-3)11-16-13-30-14-18(16)25(27)29/h10-12,30H,4-9,13-14H2,1-3H3. The number of ketones is 1. The molecule has 0 aliphatic carbocycles. The van der Waals surface area contributed by atoms with Crippen molar-refractivity contribution in [2.45, 2.75) is 46.2 Å². The molecule has 1 aliphatic heterocycles. The summed E-state index contributed by atoms with van der Waals surface area (Å²) in [5, 5.41) is 3.40. The molecule has 37 heavy (non-hydrogen) atoms. The molecule has 1 N–H and O–H groups in total. The molecule has 1 aliphatic rings. The van der Waals surface area contributed by atoms with Gasteiger partial charge in [0.05, 0.1) is 38.2 Å². The van der Waals surface area contributed by atoms with Crippen LogP contribution in [0.15, 0.2) is 18.2 Å². The molecule has 0 saturated heterocycles. The van der Waals surface area contributed by atoms with E-state index in [2.05, 4.69) is 5.32 Å². The Labute approximate surface area is 217 Å². The quantitative estimate of drug-likeness (QED) is 0.188. The first-order valence-electron chi connectivity index (χ1n) is 12.1. The van der Waals surface area contributed by atoms with Crippen molar-refractivity contribution >= 4 is 33.2 Å². The Morgan fingerprint density at radius 2 is 1.78 bits per heavy atom. The van der Waals surface area contributed by atoms with Crippen LogP contribution in [0.1, 0.15) is 52.5 Å². The van der Waals surface area contributed by atoms with Gasteiger partial charge in [0.25, 0.3) is 0 Å². The molecule has 4 rings (SSSR count). The van der Waals surface area contributed by atoms with E-state index >= 15 is 4.39 Å². The van der Waals surface area contributed by atoms with Crippen molar-refractivity contribution in [1.82, 2.24) is 5.32 Å². The fourth-order valence-electron chi connectivity index (χ4n) is 4.19. The van der Waals surface area contributed by atoms with Gasteiger partial charge in [-0.15, -0.1) is 11.3 Å². The summed E-state index contributed by atoms with van der Waals surface area (Å²) in [7, 11) is 1.46. The predicted octanol–water partition coefficient (Wildman–Crippen LogP) is 5.47. The minimum atomic E-state index is -0.546. The third-order valence-electron chi connectivity index (χ3n) is 6.04. The minimum absolute atomic E-state index is 0.00171. The van der Waals surface area contributed by atoms with Crippen molar-refractivity contribution in [2.24, 2.45) is 0 Å². The highest BCUT2D eigenvalue weighted by molar-refractivity contribution is 7.20. The van der Waals surface area contributed by atoms with Gasteiger partial charge >= 0.3 is 5.97 Å². The molecule has 0 fully saturated rings. The first-order valence-corrected chi connectivity index (χ1v) is 12.9. The Morgan fingerprint density at radius 3 is 2.51 bits per heavy atom. The van der Waals surface area contributed by atoms with E-state index in [4.69, 9.17) is 18.9 Å². The summed E-state index contributed by atoms with van der Waals surface area (Å²) in [6.45, 7) is 5.01. The number of carbonyl (C=O) groups is 2. The van der Waals surface area contributed by atoms with Crippen LogP contribution < -0.4 is 19.5 Å². The van der Waals surface area contributed by atoms with Gasteiger partial charge < -0.3 is 24.3 Å². The fourth-order valence-corrected chi connectivity index (χ4v) is 5.31. The maximum absolute atomic E-state index is 15.3. The lowest BCUT2D eigenvalue weighted by Crippen LogP contribution is -2.09. The summed E-state index contributed by atoms with van der Waals surface area (Å²) in [4.78, 5) is 24.4. The summed E-state index contributed by atoms with van der Waals surface area (Å²) >= 11 is 1.18. The van der Waals surface area contributed by atoms with Gasteiger partial charge in [-0.1, -0.05) is 0 Å². The molecule has 198 valence electrons. The van der Waals surface area contributed by atoms with Crippen LogP contribution in [-0.2, 0) is 22.6 Å². The molecule has 10 heteroatoms. The van der Waals surface area contributed by atoms with Crippen molar-refractivity contribution in [1.29, 1.82) is 0 Å². The number of halogens is 2. The van der Waals surface area contributed by atoms with Crippen molar-refractivity contribution < 1.29 is 37.3 Å². The number of ether oxygens (including phenoxy) is 4. The SMILES string of the molecule is CCOC(=O)CCC(=O)c1cc2c(F)c(OCCCOc3c(OC)cc4c(c3F)CNC4)c(C)cc2s1. The number of benzene rings is 2. The molecule has 1 aromatic heterocycles. The fraction of sp³-hybridized carbons (Fsp3) is 0.407. The Hall–Kier alpha value is -3.24. The number of rotatable bonds is 12. The molecule has 3 aromatic rings. The second-order valence-electron chi connectivity index (χ2n) is 8.60. The van der Waals surface area contributed by atoms with Gasteiger partial charge in [-0.05, 0) is 43.2 Å². The first-order chi connectivity index (χ1) is 17.8. The third kappa shape index (κ3) is 5.86. The smallest absolute Gasteiger partial charge is 0.306 e. The summed E-state index contributed by atoms with van der Waals surface area (Å²) in [6, 6.07) is 5.04. The molecule has 0 radical (unpaired) electrons. The topological polar surface area (TPSA) is 83.1 Å². The number of carbonyl (C=O) groups excluding carboxylic acids is 2. The lowest BCUT2D eigenvalue weighted by Gasteiger charge is -2.15. The van der Waals surface area contributed by atoms with Crippen molar-refractivity contribution in [3.8, 4) is 17.2 Å². The van der Waals surface area contributed by atoms with E-state index in [1.54, 1.807) is 26.0 Å². The lowest BCUT2D eigenvalue weighted by atomic mass is 10.1. The summed E-state index contributed by atoms with van der Waals surface area (Å²) in [5.74, 6) is -1.16. The first kappa shape index (κ1) is 26.8. The lowest BCUT2D eigenvalue weighted by molar-refractivity contribution is -0.143. The number of Topliss-reactive ketones (excluding diaryl/α,β-unsaturated/α-hetero) is 1. The van der Waals surface area contributed by atoms with Crippen molar-refractivity contribution in [3.63, 3.8) is 0 Å². The predicted molar refractivity (Wildman–Crippen MR) is 136 cm³/mol. The summed E-state index contributed by atoms with van der Waals surface area (Å²) < 4.78 is 52.3. The third-order valence-corrected chi connectivity index (χ3v) is 7.16. The average molecular weight is 534 g/mol. The van der Waals surface area contributed by atoms with Crippen LogP contribution in [0.4, 0.5) is 8.78 Å². The van der Waals surface area contributed by atoms with Crippen LogP contribution in [0.25, 0.3) is 10.1 Å². The molecule has 7 nitrogen and oxygen atoms in total. The maximum atomic E-state index is 15.3. The van der Waals surface area contributed by atoms with E-state index < -0.39 is 17.6 Å². The molecule has 0 unspecified atom stereocenters. The van der Waals surface area contributed by atoms with Gasteiger partial charge in [0.15, 0.2) is 34.7 Å². The van der Waals surface area contributed by atoms with E-state index in [0.29, 0.717) is 51.4 Å². The summed E-state index contributed by atoms with van der Waals surface area (Å²) in [6.07, 6.45) is 0.370. The van der Waals surface area contributed by atoms with E-state index in [-0.39, 0.29) is 49.9 Å². The molecule has 0 amide bonds. The van der Waals surface area contributed by atoms with Crippen molar-refractivity contribution in [2.75, 3.05) is 26.9 Å². The van der Waals surface area contributed by atoms with Crippen LogP contribution in [0, 0.1) is 18.6 Å². The zero-order valence-corrected chi connectivity index (χ0v) is 21.8. The highest BCUT2D eigenvalue weighted by atomic mass is 32.1. The Kier molecular flexibility index (Phi) is 8.60. The molecule has 0 saturated carbocycles. The largest absolute Gasteiger partial charge is 0.493 e. The van der Waals surface area contributed by atoms with E-state index in [0.717, 1.165) is 5.56 Å². The van der Waals surface area contributed by atoms with Crippen molar-refractivity contribution in [3.05, 3.63) is 51.4 Å². The van der Waals surface area contributed by atoms with Gasteiger partial charge in [-0.25, -0.2) is 8.78 Å². The zero-order chi connectivity index (χ0) is 26.5. The second kappa shape index (κ2) is 11.9. The number of nitrogens with one attached hydrogen (secondary N) is 1. The van der Waals surface area contributed by atoms with Crippen LogP contribution in [0.3, 0.4) is 0 Å². The molecular weight excluding hydrogens is 504 g/mol. The van der Waals surface area contributed by atoms with Crippen LogP contribution >= 0.6 is 11.3 Å². The molecule has 0 bridgehead atoms. The highest BCUT2D eigenvalue weighted by Gasteiger charge is 2.23. The van der Waals surface area contributed by atoms with Crippen LogP contribution in [0.2, 0.25) is 0 Å². The van der Waals surface area contributed by atoms with Gasteiger partial charge in [-0.2, -0.15) is 0 Å². The normalized spacial score (nSPS) is 12.5. The average Bonchev–Trinajstić information content (AvgIpc) is 3.52. The van der Waals surface area contributed by atoms with Gasteiger partial charge in [0.2, 0.25) is 0 Å². The number of fused-ring (bicyclic) bond motifs is 2. The minimum Gasteiger partial charge on any atom is -0.493 e. The van der Waals surface area contributed by atoms with E-state index in [9.17, 15) is 14.0 Å². The van der Waals surface area contributed by atoms with E-state index in [1.165, 1.54) is 24.5 Å². The zero-order valence-electron chi connectivity index (χ0n) is 21.0. The van der Waals surface area contributed by atoms with E-state index in [1.807, 2.05) is 0 Å². The number of hydrogen-bond donors (Lipinski definition) is 1. The van der Waals surface area contributed by atoms with Gasteiger partial charge in [0.1, 0.15) is 0 Å². The Morgan fingerprint density at radius 1 is 1.03 bits per heavy atom. The maximum Gasteiger partial charge on any atom is 0.306 e. The number of hydrogen-bond acceptors (Lipinski definition) is 8. The number of methoxy groups -OCH3 is 1. The summed E-state index contributed by atoms with van der Waals surface area (Å²) in [5.41, 5.74) is 2.02. The van der Waals surface area contributed by atoms with Crippen LogP contribution in [-0.4, -0.2) is 38.7 Å². The molecule has 2 heterocycles. The van der Waals surface area contributed by atoms with Gasteiger partial charge in [0, 0.05) is 41.6 Å². The number of esters is 1. The number of aryl methyl sites for hydroxylation is 1. The van der Waals surface area contributed by atoms with Gasteiger partial charge in [-0.3, -0.25) is 9.59 Å². The number of thiophene rings is 1. The monoisotopic (exact) mass is 533 g/mol. The molecule has 0 atom stereocenters. The molecular formula is C27H29F2NO6S. The Bertz CT molecular complexity index is 1320. The molecule has 0 spiro atoms. The molecule has 2 aromatic carbocycles. The van der Waals surface area contributed by atoms with Crippen LogP contribution in [0.5, 0.6) is 17.2 Å².